The van der Waals surface area contributed by atoms with E-state index in [1.54, 1.807) is 0 Å². The first-order valence-electron chi connectivity index (χ1n) is 5.42. The van der Waals surface area contributed by atoms with Gasteiger partial charge in [-0.1, -0.05) is 17.7 Å². The molecule has 0 aliphatic rings. The second-order valence-corrected chi connectivity index (χ2v) is 4.29. The molecule has 88 valence electrons. The molecule has 1 heterocycles. The van der Waals surface area contributed by atoms with E-state index < -0.39 is 5.69 Å². The number of hydrogen-bond donors (Lipinski definition) is 2. The Morgan fingerprint density at radius 2 is 1.76 bits per heavy atom. The van der Waals surface area contributed by atoms with E-state index in [2.05, 4.69) is 29.0 Å². The molecule has 1 aromatic heterocycles. The highest BCUT2D eigenvalue weighted by Crippen LogP contribution is 2.30. The SMILES string of the molecule is Cc1cc(C)c(-c2cnc(=O)[nH]c2N)c(C)c1. The molecule has 17 heavy (non-hydrogen) atoms. The molecule has 0 saturated heterocycles. The second-order valence-electron chi connectivity index (χ2n) is 4.29. The first-order chi connectivity index (χ1) is 7.99. The van der Waals surface area contributed by atoms with E-state index in [0.29, 0.717) is 5.82 Å². The fraction of sp³-hybridized carbons (Fsp3) is 0.231. The second kappa shape index (κ2) is 4.05. The van der Waals surface area contributed by atoms with Crippen molar-refractivity contribution in [1.29, 1.82) is 0 Å². The van der Waals surface area contributed by atoms with Gasteiger partial charge in [0.15, 0.2) is 0 Å². The number of aromatic amines is 1. The van der Waals surface area contributed by atoms with Crippen molar-refractivity contribution in [2.24, 2.45) is 0 Å². The van der Waals surface area contributed by atoms with Crippen molar-refractivity contribution in [3.63, 3.8) is 0 Å². The number of aryl methyl sites for hydroxylation is 3. The molecular weight excluding hydrogens is 214 g/mol. The summed E-state index contributed by atoms with van der Waals surface area (Å²) in [7, 11) is 0. The van der Waals surface area contributed by atoms with Crippen molar-refractivity contribution in [2.75, 3.05) is 5.73 Å². The minimum atomic E-state index is -0.423. The number of nitrogen functional groups attached to an aromatic ring is 1. The first kappa shape index (κ1) is 11.4. The third kappa shape index (κ3) is 2.06. The van der Waals surface area contributed by atoms with Gasteiger partial charge in [0.2, 0.25) is 0 Å². The highest BCUT2D eigenvalue weighted by Gasteiger charge is 2.10. The van der Waals surface area contributed by atoms with E-state index in [1.165, 1.54) is 11.8 Å². The smallest absolute Gasteiger partial charge is 0.346 e. The first-order valence-corrected chi connectivity index (χ1v) is 5.42. The summed E-state index contributed by atoms with van der Waals surface area (Å²) in [5.74, 6) is 0.361. The van der Waals surface area contributed by atoms with Crippen LogP contribution < -0.4 is 11.4 Å². The average molecular weight is 229 g/mol. The molecule has 2 rings (SSSR count). The van der Waals surface area contributed by atoms with E-state index in [-0.39, 0.29) is 0 Å². The number of anilines is 1. The molecule has 0 unspecified atom stereocenters. The highest BCUT2D eigenvalue weighted by molar-refractivity contribution is 5.78. The lowest BCUT2D eigenvalue weighted by molar-refractivity contribution is 1.08. The lowest BCUT2D eigenvalue weighted by Crippen LogP contribution is -2.13. The van der Waals surface area contributed by atoms with Gasteiger partial charge in [-0.3, -0.25) is 4.98 Å². The summed E-state index contributed by atoms with van der Waals surface area (Å²) in [5.41, 5.74) is 10.7. The number of benzene rings is 1. The van der Waals surface area contributed by atoms with Crippen LogP contribution in [0.15, 0.2) is 23.1 Å². The Labute approximate surface area is 99.5 Å². The maximum atomic E-state index is 11.1. The Bertz CT molecular complexity index is 606. The van der Waals surface area contributed by atoms with Crippen LogP contribution in [0.1, 0.15) is 16.7 Å². The van der Waals surface area contributed by atoms with Gasteiger partial charge in [-0.25, -0.2) is 9.78 Å². The third-order valence-electron chi connectivity index (χ3n) is 2.79. The molecule has 0 aliphatic carbocycles. The summed E-state index contributed by atoms with van der Waals surface area (Å²) in [6, 6.07) is 4.18. The van der Waals surface area contributed by atoms with Gasteiger partial charge in [0, 0.05) is 11.8 Å². The predicted octanol–water partition coefficient (Wildman–Crippen LogP) is 1.94. The number of nitrogens with one attached hydrogen (secondary N) is 1. The van der Waals surface area contributed by atoms with Gasteiger partial charge < -0.3 is 5.73 Å². The molecule has 0 fully saturated rings. The predicted molar refractivity (Wildman–Crippen MR) is 68.9 cm³/mol. The van der Waals surface area contributed by atoms with Gasteiger partial charge in [-0.2, -0.15) is 0 Å². The Morgan fingerprint density at radius 3 is 2.29 bits per heavy atom. The fourth-order valence-electron chi connectivity index (χ4n) is 2.21. The maximum absolute atomic E-state index is 11.1. The zero-order chi connectivity index (χ0) is 12.6. The maximum Gasteiger partial charge on any atom is 0.346 e. The van der Waals surface area contributed by atoms with Gasteiger partial charge >= 0.3 is 5.69 Å². The lowest BCUT2D eigenvalue weighted by atomic mass is 9.95. The highest BCUT2D eigenvalue weighted by atomic mass is 16.1. The molecule has 0 radical (unpaired) electrons. The topological polar surface area (TPSA) is 71.8 Å². The van der Waals surface area contributed by atoms with Crippen LogP contribution in [0.2, 0.25) is 0 Å². The molecule has 4 nitrogen and oxygen atoms in total. The third-order valence-corrected chi connectivity index (χ3v) is 2.79. The van der Waals surface area contributed by atoms with E-state index in [9.17, 15) is 4.79 Å². The van der Waals surface area contributed by atoms with Gasteiger partial charge in [-0.15, -0.1) is 0 Å². The van der Waals surface area contributed by atoms with Crippen molar-refractivity contribution in [3.8, 4) is 11.1 Å². The van der Waals surface area contributed by atoms with E-state index >= 15 is 0 Å². The Balaban J connectivity index is 2.73. The van der Waals surface area contributed by atoms with Crippen molar-refractivity contribution >= 4 is 5.82 Å². The number of H-pyrrole nitrogens is 1. The summed E-state index contributed by atoms with van der Waals surface area (Å²) >= 11 is 0. The van der Waals surface area contributed by atoms with Crippen molar-refractivity contribution in [2.45, 2.75) is 20.8 Å². The van der Waals surface area contributed by atoms with Crippen molar-refractivity contribution < 1.29 is 0 Å². The standard InChI is InChI=1S/C13H15N3O/c1-7-4-8(2)11(9(3)5-7)10-6-15-13(17)16-12(10)14/h4-6H,1-3H3,(H3,14,15,16,17). The Morgan fingerprint density at radius 1 is 1.18 bits per heavy atom. The Hall–Kier alpha value is -2.10. The average Bonchev–Trinajstić information content (AvgIpc) is 2.19. The van der Waals surface area contributed by atoms with Crippen LogP contribution in [0.4, 0.5) is 5.82 Å². The molecule has 0 bridgehead atoms. The summed E-state index contributed by atoms with van der Waals surface area (Å²) in [6.07, 6.45) is 1.53. The summed E-state index contributed by atoms with van der Waals surface area (Å²) in [4.78, 5) is 17.3. The minimum Gasteiger partial charge on any atom is -0.385 e. The summed E-state index contributed by atoms with van der Waals surface area (Å²) < 4.78 is 0. The molecule has 1 aromatic carbocycles. The lowest BCUT2D eigenvalue weighted by Gasteiger charge is -2.12. The quantitative estimate of drug-likeness (QED) is 0.785. The number of aromatic nitrogens is 2. The van der Waals surface area contributed by atoms with Crippen molar-refractivity contribution in [1.82, 2.24) is 9.97 Å². The van der Waals surface area contributed by atoms with Gasteiger partial charge in [0.05, 0.1) is 0 Å². The van der Waals surface area contributed by atoms with Crippen LogP contribution >= 0.6 is 0 Å². The summed E-state index contributed by atoms with van der Waals surface area (Å²) in [5, 5.41) is 0. The number of hydrogen-bond acceptors (Lipinski definition) is 3. The van der Waals surface area contributed by atoms with Gasteiger partial charge in [0.25, 0.3) is 0 Å². The van der Waals surface area contributed by atoms with Gasteiger partial charge in [0.1, 0.15) is 5.82 Å². The van der Waals surface area contributed by atoms with E-state index in [1.807, 2.05) is 13.8 Å². The molecule has 0 amide bonds. The van der Waals surface area contributed by atoms with E-state index in [4.69, 9.17) is 5.73 Å². The molecule has 3 N–H and O–H groups in total. The molecule has 0 saturated carbocycles. The van der Waals surface area contributed by atoms with Crippen LogP contribution in [0, 0.1) is 20.8 Å². The van der Waals surface area contributed by atoms with Crippen LogP contribution in [-0.4, -0.2) is 9.97 Å². The molecular formula is C13H15N3O. The van der Waals surface area contributed by atoms with E-state index in [0.717, 1.165) is 22.3 Å². The molecule has 0 atom stereocenters. The monoisotopic (exact) mass is 229 g/mol. The molecule has 2 aromatic rings. The van der Waals surface area contributed by atoms with Crippen molar-refractivity contribution in [3.05, 3.63) is 45.5 Å². The molecule has 0 aliphatic heterocycles. The Kier molecular flexibility index (Phi) is 2.71. The number of nitrogens with zero attached hydrogens (tertiary/aromatic N) is 1. The zero-order valence-corrected chi connectivity index (χ0v) is 10.2. The zero-order valence-electron chi connectivity index (χ0n) is 10.2. The van der Waals surface area contributed by atoms with Crippen LogP contribution in [0.5, 0.6) is 0 Å². The normalized spacial score (nSPS) is 10.5. The van der Waals surface area contributed by atoms with Crippen LogP contribution in [-0.2, 0) is 0 Å². The number of nitrogens with two attached hydrogens (primary N) is 1. The summed E-state index contributed by atoms with van der Waals surface area (Å²) in [6.45, 7) is 6.11. The molecule has 0 spiro atoms. The van der Waals surface area contributed by atoms with Crippen LogP contribution in [0.3, 0.4) is 0 Å². The number of rotatable bonds is 1. The molecule has 4 heteroatoms. The largest absolute Gasteiger partial charge is 0.385 e. The van der Waals surface area contributed by atoms with Crippen LogP contribution in [0.25, 0.3) is 11.1 Å². The fourth-order valence-corrected chi connectivity index (χ4v) is 2.21. The minimum absolute atomic E-state index is 0.361. The van der Waals surface area contributed by atoms with Gasteiger partial charge in [-0.05, 0) is 37.5 Å².